The van der Waals surface area contributed by atoms with Crippen molar-refractivity contribution in [3.05, 3.63) is 0 Å². The molecule has 0 heterocycles. The zero-order valence-electron chi connectivity index (χ0n) is 8.23. The molecule has 0 atom stereocenters. The van der Waals surface area contributed by atoms with Crippen LogP contribution >= 0.6 is 11.6 Å². The van der Waals surface area contributed by atoms with Crippen LogP contribution in [0.25, 0.3) is 0 Å². The SMILES string of the molecule is O=CC1(CCCl)CCCCCCC1. The number of rotatable bonds is 3. The second-order valence-electron chi connectivity index (χ2n) is 4.19. The quantitative estimate of drug-likeness (QED) is 0.506. The molecule has 0 radical (unpaired) electrons. The number of carbonyl (C=O) groups is 1. The number of alkyl halides is 1. The van der Waals surface area contributed by atoms with Crippen molar-refractivity contribution in [2.75, 3.05) is 5.88 Å². The van der Waals surface area contributed by atoms with Gasteiger partial charge in [-0.25, -0.2) is 0 Å². The third kappa shape index (κ3) is 3.30. The predicted octanol–water partition coefficient (Wildman–Crippen LogP) is 3.54. The number of halogens is 1. The summed E-state index contributed by atoms with van der Waals surface area (Å²) >= 11 is 5.74. The zero-order valence-corrected chi connectivity index (χ0v) is 8.98. The first-order valence-corrected chi connectivity index (χ1v) is 5.89. The van der Waals surface area contributed by atoms with Crippen molar-refractivity contribution in [3.8, 4) is 0 Å². The van der Waals surface area contributed by atoms with Crippen LogP contribution in [0.1, 0.15) is 51.4 Å². The Morgan fingerprint density at radius 3 is 2.08 bits per heavy atom. The predicted molar refractivity (Wildman–Crippen MR) is 56.2 cm³/mol. The monoisotopic (exact) mass is 202 g/mol. The van der Waals surface area contributed by atoms with Crippen molar-refractivity contribution in [1.29, 1.82) is 0 Å². The fraction of sp³-hybridized carbons (Fsp3) is 0.909. The molecule has 0 aromatic rings. The molecule has 0 aromatic carbocycles. The van der Waals surface area contributed by atoms with E-state index in [0.29, 0.717) is 5.88 Å². The van der Waals surface area contributed by atoms with E-state index in [9.17, 15) is 4.79 Å². The van der Waals surface area contributed by atoms with Crippen LogP contribution in [-0.4, -0.2) is 12.2 Å². The molecule has 2 heteroatoms. The van der Waals surface area contributed by atoms with E-state index < -0.39 is 0 Å². The first-order chi connectivity index (χ1) is 6.33. The average Bonchev–Trinajstić information content (AvgIpc) is 2.10. The fourth-order valence-corrected chi connectivity index (χ4v) is 2.60. The molecule has 1 nitrogen and oxygen atoms in total. The highest BCUT2D eigenvalue weighted by molar-refractivity contribution is 6.17. The van der Waals surface area contributed by atoms with Gasteiger partial charge < -0.3 is 4.79 Å². The van der Waals surface area contributed by atoms with Gasteiger partial charge >= 0.3 is 0 Å². The van der Waals surface area contributed by atoms with Gasteiger partial charge in [-0.2, -0.15) is 0 Å². The molecular formula is C11H19ClO. The van der Waals surface area contributed by atoms with Crippen LogP contribution in [0.5, 0.6) is 0 Å². The van der Waals surface area contributed by atoms with E-state index >= 15 is 0 Å². The number of aldehydes is 1. The van der Waals surface area contributed by atoms with Crippen molar-refractivity contribution in [2.45, 2.75) is 51.4 Å². The van der Waals surface area contributed by atoms with E-state index in [0.717, 1.165) is 19.3 Å². The minimum absolute atomic E-state index is 0.0673. The number of hydrogen-bond acceptors (Lipinski definition) is 1. The van der Waals surface area contributed by atoms with Crippen LogP contribution in [0.2, 0.25) is 0 Å². The normalized spacial score (nSPS) is 23.2. The Morgan fingerprint density at radius 2 is 1.62 bits per heavy atom. The van der Waals surface area contributed by atoms with E-state index in [2.05, 4.69) is 0 Å². The van der Waals surface area contributed by atoms with Crippen molar-refractivity contribution in [2.24, 2.45) is 5.41 Å². The van der Waals surface area contributed by atoms with Crippen LogP contribution in [0.3, 0.4) is 0 Å². The standard InChI is InChI=1S/C11H19ClO/c12-9-8-11(10-13)6-4-2-1-3-5-7-11/h10H,1-9H2. The van der Waals surface area contributed by atoms with E-state index in [-0.39, 0.29) is 5.41 Å². The van der Waals surface area contributed by atoms with Crippen molar-refractivity contribution < 1.29 is 4.79 Å². The Hall–Kier alpha value is -0.0400. The molecule has 13 heavy (non-hydrogen) atoms. The summed E-state index contributed by atoms with van der Waals surface area (Å²) in [6.45, 7) is 0. The Balaban J connectivity index is 2.52. The summed E-state index contributed by atoms with van der Waals surface area (Å²) < 4.78 is 0. The van der Waals surface area contributed by atoms with Crippen molar-refractivity contribution in [1.82, 2.24) is 0 Å². The van der Waals surface area contributed by atoms with Crippen LogP contribution < -0.4 is 0 Å². The molecule has 1 fully saturated rings. The van der Waals surface area contributed by atoms with E-state index in [1.807, 2.05) is 0 Å². The summed E-state index contributed by atoms with van der Waals surface area (Å²) in [4.78, 5) is 11.1. The van der Waals surface area contributed by atoms with Gasteiger partial charge in [-0.3, -0.25) is 0 Å². The summed E-state index contributed by atoms with van der Waals surface area (Å²) in [6, 6.07) is 0. The lowest BCUT2D eigenvalue weighted by atomic mass is 9.75. The lowest BCUT2D eigenvalue weighted by molar-refractivity contribution is -0.117. The molecule has 1 aliphatic rings. The van der Waals surface area contributed by atoms with Gasteiger partial charge in [-0.05, 0) is 19.3 Å². The molecule has 0 unspecified atom stereocenters. The minimum Gasteiger partial charge on any atom is -0.303 e. The summed E-state index contributed by atoms with van der Waals surface area (Å²) in [5, 5.41) is 0. The molecule has 0 aliphatic heterocycles. The fourth-order valence-electron chi connectivity index (χ4n) is 2.22. The summed E-state index contributed by atoms with van der Waals surface area (Å²) in [5.74, 6) is 0.624. The van der Waals surface area contributed by atoms with Gasteiger partial charge in [0.2, 0.25) is 0 Å². The summed E-state index contributed by atoms with van der Waals surface area (Å²) in [6.07, 6.45) is 10.5. The van der Waals surface area contributed by atoms with Gasteiger partial charge in [0.15, 0.2) is 0 Å². The highest BCUT2D eigenvalue weighted by atomic mass is 35.5. The third-order valence-corrected chi connectivity index (χ3v) is 3.38. The third-order valence-electron chi connectivity index (χ3n) is 3.19. The lowest BCUT2D eigenvalue weighted by Crippen LogP contribution is -2.24. The molecule has 0 N–H and O–H groups in total. The van der Waals surface area contributed by atoms with Crippen LogP contribution in [0.15, 0.2) is 0 Å². The maximum absolute atomic E-state index is 11.1. The molecule has 0 amide bonds. The molecule has 1 saturated carbocycles. The van der Waals surface area contributed by atoms with Crippen LogP contribution in [0.4, 0.5) is 0 Å². The van der Waals surface area contributed by atoms with Gasteiger partial charge in [0.1, 0.15) is 6.29 Å². The lowest BCUT2D eigenvalue weighted by Gasteiger charge is -2.29. The second-order valence-corrected chi connectivity index (χ2v) is 4.56. The van der Waals surface area contributed by atoms with Crippen LogP contribution in [-0.2, 0) is 4.79 Å². The van der Waals surface area contributed by atoms with Gasteiger partial charge in [-0.1, -0.05) is 32.1 Å². The minimum atomic E-state index is -0.0673. The Bertz CT molecular complexity index is 148. The molecule has 0 bridgehead atoms. The smallest absolute Gasteiger partial charge is 0.126 e. The zero-order chi connectivity index (χ0) is 9.57. The summed E-state index contributed by atoms with van der Waals surface area (Å²) in [5.41, 5.74) is -0.0673. The maximum Gasteiger partial charge on any atom is 0.126 e. The van der Waals surface area contributed by atoms with E-state index in [4.69, 9.17) is 11.6 Å². The topological polar surface area (TPSA) is 17.1 Å². The molecule has 0 aromatic heterocycles. The second kappa shape index (κ2) is 5.64. The van der Waals surface area contributed by atoms with Gasteiger partial charge in [0.25, 0.3) is 0 Å². The molecule has 1 rings (SSSR count). The average molecular weight is 203 g/mol. The maximum atomic E-state index is 11.1. The molecule has 1 aliphatic carbocycles. The first kappa shape index (κ1) is 11.0. The summed E-state index contributed by atoms with van der Waals surface area (Å²) in [7, 11) is 0. The van der Waals surface area contributed by atoms with Gasteiger partial charge in [0, 0.05) is 11.3 Å². The van der Waals surface area contributed by atoms with Crippen LogP contribution in [0, 0.1) is 5.41 Å². The molecule has 0 saturated heterocycles. The van der Waals surface area contributed by atoms with Gasteiger partial charge in [0.05, 0.1) is 0 Å². The Kier molecular flexibility index (Phi) is 4.79. The largest absolute Gasteiger partial charge is 0.303 e. The Labute approximate surface area is 85.8 Å². The number of hydrogen-bond donors (Lipinski definition) is 0. The molecule has 0 spiro atoms. The van der Waals surface area contributed by atoms with Crippen molar-refractivity contribution >= 4 is 17.9 Å². The highest BCUT2D eigenvalue weighted by Gasteiger charge is 2.28. The van der Waals surface area contributed by atoms with E-state index in [1.54, 1.807) is 0 Å². The van der Waals surface area contributed by atoms with Gasteiger partial charge in [-0.15, -0.1) is 11.6 Å². The molecule has 76 valence electrons. The molecular weight excluding hydrogens is 184 g/mol. The highest BCUT2D eigenvalue weighted by Crippen LogP contribution is 2.35. The first-order valence-electron chi connectivity index (χ1n) is 5.35. The Morgan fingerprint density at radius 1 is 1.08 bits per heavy atom. The number of carbonyl (C=O) groups excluding carboxylic acids is 1. The van der Waals surface area contributed by atoms with Crippen molar-refractivity contribution in [3.63, 3.8) is 0 Å². The van der Waals surface area contributed by atoms with E-state index in [1.165, 1.54) is 38.4 Å².